The summed E-state index contributed by atoms with van der Waals surface area (Å²) in [6.45, 7) is 2.70. The Bertz CT molecular complexity index is 680. The second-order valence-corrected chi connectivity index (χ2v) is 4.18. The van der Waals surface area contributed by atoms with Gasteiger partial charge in [-0.1, -0.05) is 0 Å². The van der Waals surface area contributed by atoms with Crippen molar-refractivity contribution in [2.75, 3.05) is 30.0 Å². The average molecular weight is 284 g/mol. The number of benzene rings is 1. The summed E-state index contributed by atoms with van der Waals surface area (Å²) in [5, 5.41) is 15.1. The van der Waals surface area contributed by atoms with E-state index >= 15 is 0 Å². The molecule has 0 atom stereocenters. The quantitative estimate of drug-likeness (QED) is 0.771. The van der Waals surface area contributed by atoms with E-state index in [2.05, 4.69) is 26.7 Å². The molecule has 0 saturated carbocycles. The summed E-state index contributed by atoms with van der Waals surface area (Å²) in [7, 11) is 1.54. The van der Waals surface area contributed by atoms with Crippen molar-refractivity contribution in [3.8, 4) is 11.8 Å². The van der Waals surface area contributed by atoms with Crippen LogP contribution in [-0.4, -0.2) is 23.6 Å². The lowest BCUT2D eigenvalue weighted by atomic mass is 10.2. The van der Waals surface area contributed by atoms with E-state index in [0.29, 0.717) is 28.6 Å². The van der Waals surface area contributed by atoms with Gasteiger partial charge in [-0.15, -0.1) is 0 Å². The Morgan fingerprint density at radius 2 is 2.05 bits per heavy atom. The molecule has 2 rings (SSSR count). The Labute approximate surface area is 122 Å². The van der Waals surface area contributed by atoms with Gasteiger partial charge in [0.15, 0.2) is 0 Å². The molecule has 0 radical (unpaired) electrons. The number of anilines is 4. The van der Waals surface area contributed by atoms with E-state index < -0.39 is 0 Å². The summed E-state index contributed by atoms with van der Waals surface area (Å²) >= 11 is 0. The number of rotatable bonds is 5. The molecule has 21 heavy (non-hydrogen) atoms. The summed E-state index contributed by atoms with van der Waals surface area (Å²) in [5.74, 6) is 1.90. The minimum Gasteiger partial charge on any atom is -0.495 e. The van der Waals surface area contributed by atoms with Crippen molar-refractivity contribution in [3.05, 3.63) is 29.8 Å². The van der Waals surface area contributed by atoms with Gasteiger partial charge in [0.05, 0.1) is 24.4 Å². The number of nitrogen functional groups attached to an aromatic ring is 1. The number of ether oxygens (including phenoxy) is 1. The summed E-state index contributed by atoms with van der Waals surface area (Å²) in [5.41, 5.74) is 6.90. The van der Waals surface area contributed by atoms with Crippen molar-refractivity contribution >= 4 is 23.3 Å². The van der Waals surface area contributed by atoms with Gasteiger partial charge in [-0.3, -0.25) is 0 Å². The average Bonchev–Trinajstić information content (AvgIpc) is 2.47. The molecule has 1 heterocycles. The van der Waals surface area contributed by atoms with Crippen LogP contribution in [0.25, 0.3) is 0 Å². The van der Waals surface area contributed by atoms with Crippen molar-refractivity contribution in [1.29, 1.82) is 5.26 Å². The first kappa shape index (κ1) is 14.4. The lowest BCUT2D eigenvalue weighted by Gasteiger charge is -2.12. The van der Waals surface area contributed by atoms with E-state index in [4.69, 9.17) is 15.7 Å². The van der Waals surface area contributed by atoms with Gasteiger partial charge in [0.1, 0.15) is 17.4 Å². The maximum absolute atomic E-state index is 8.90. The third kappa shape index (κ3) is 3.51. The van der Waals surface area contributed by atoms with E-state index in [9.17, 15) is 0 Å². The number of aromatic nitrogens is 2. The Hall–Kier alpha value is -3.01. The van der Waals surface area contributed by atoms with Gasteiger partial charge in [-0.2, -0.15) is 15.2 Å². The first-order valence-corrected chi connectivity index (χ1v) is 6.40. The Kier molecular flexibility index (Phi) is 4.41. The molecule has 7 nitrogen and oxygen atoms in total. The van der Waals surface area contributed by atoms with Gasteiger partial charge in [-0.05, 0) is 19.1 Å². The maximum atomic E-state index is 8.90. The fraction of sp³-hybridized carbons (Fsp3) is 0.214. The predicted molar refractivity (Wildman–Crippen MR) is 81.6 cm³/mol. The highest BCUT2D eigenvalue weighted by Gasteiger charge is 2.07. The molecular formula is C14H16N6O. The van der Waals surface area contributed by atoms with Crippen LogP contribution in [0.3, 0.4) is 0 Å². The summed E-state index contributed by atoms with van der Waals surface area (Å²) in [4.78, 5) is 8.20. The van der Waals surface area contributed by atoms with Crippen LogP contribution in [0, 0.1) is 11.3 Å². The van der Waals surface area contributed by atoms with E-state index in [0.717, 1.165) is 6.54 Å². The van der Waals surface area contributed by atoms with E-state index in [1.807, 2.05) is 6.92 Å². The zero-order valence-electron chi connectivity index (χ0n) is 11.8. The molecule has 0 aliphatic carbocycles. The van der Waals surface area contributed by atoms with Crippen LogP contribution in [0.5, 0.6) is 5.75 Å². The normalized spacial score (nSPS) is 9.76. The Morgan fingerprint density at radius 1 is 1.29 bits per heavy atom. The van der Waals surface area contributed by atoms with E-state index in [-0.39, 0.29) is 5.95 Å². The SMILES string of the molecule is CCNc1cc(Nc2ccc(C#N)cc2OC)nc(N)n1. The molecule has 0 aliphatic rings. The molecule has 0 saturated heterocycles. The molecule has 0 unspecified atom stereocenters. The largest absolute Gasteiger partial charge is 0.495 e. The molecule has 0 amide bonds. The van der Waals surface area contributed by atoms with Gasteiger partial charge in [0.25, 0.3) is 0 Å². The minimum atomic E-state index is 0.170. The van der Waals surface area contributed by atoms with Crippen molar-refractivity contribution in [1.82, 2.24) is 9.97 Å². The first-order chi connectivity index (χ1) is 10.2. The third-order valence-corrected chi connectivity index (χ3v) is 2.69. The summed E-state index contributed by atoms with van der Waals surface area (Å²) in [6.07, 6.45) is 0. The molecule has 0 spiro atoms. The number of hydrogen-bond donors (Lipinski definition) is 3. The monoisotopic (exact) mass is 284 g/mol. The van der Waals surface area contributed by atoms with Gasteiger partial charge in [-0.25, -0.2) is 0 Å². The predicted octanol–water partition coefficient (Wildman–Crippen LogP) is 2.11. The molecule has 108 valence electrons. The lowest BCUT2D eigenvalue weighted by Crippen LogP contribution is -2.06. The van der Waals surface area contributed by atoms with Gasteiger partial charge < -0.3 is 21.1 Å². The fourth-order valence-electron chi connectivity index (χ4n) is 1.80. The molecule has 2 aromatic rings. The molecule has 7 heteroatoms. The van der Waals surface area contributed by atoms with Gasteiger partial charge in [0.2, 0.25) is 5.95 Å². The third-order valence-electron chi connectivity index (χ3n) is 2.69. The van der Waals surface area contributed by atoms with E-state index in [1.165, 1.54) is 0 Å². The number of nitrogens with one attached hydrogen (secondary N) is 2. The molecule has 0 aliphatic heterocycles. The van der Waals surface area contributed by atoms with Crippen LogP contribution < -0.4 is 21.1 Å². The van der Waals surface area contributed by atoms with Crippen molar-refractivity contribution in [3.63, 3.8) is 0 Å². The highest BCUT2D eigenvalue weighted by Crippen LogP contribution is 2.28. The number of nitriles is 1. The fourth-order valence-corrected chi connectivity index (χ4v) is 1.80. The van der Waals surface area contributed by atoms with Crippen LogP contribution in [0.1, 0.15) is 12.5 Å². The molecular weight excluding hydrogens is 268 g/mol. The number of nitrogens with zero attached hydrogens (tertiary/aromatic N) is 3. The van der Waals surface area contributed by atoms with Crippen LogP contribution in [-0.2, 0) is 0 Å². The smallest absolute Gasteiger partial charge is 0.223 e. The molecule has 0 bridgehead atoms. The first-order valence-electron chi connectivity index (χ1n) is 6.40. The van der Waals surface area contributed by atoms with Crippen molar-refractivity contribution < 1.29 is 4.74 Å². The number of nitrogens with two attached hydrogens (primary N) is 1. The molecule has 1 aromatic carbocycles. The highest BCUT2D eigenvalue weighted by molar-refractivity contribution is 5.67. The second-order valence-electron chi connectivity index (χ2n) is 4.18. The highest BCUT2D eigenvalue weighted by atomic mass is 16.5. The standard InChI is InChI=1S/C14H16N6O/c1-3-17-12-7-13(20-14(16)19-12)18-10-5-4-9(8-15)6-11(10)21-2/h4-7H,3H2,1-2H3,(H4,16,17,18,19,20). The van der Waals surface area contributed by atoms with Crippen LogP contribution in [0.15, 0.2) is 24.3 Å². The zero-order chi connectivity index (χ0) is 15.2. The van der Waals surface area contributed by atoms with Crippen molar-refractivity contribution in [2.24, 2.45) is 0 Å². The van der Waals surface area contributed by atoms with E-state index in [1.54, 1.807) is 31.4 Å². The second kappa shape index (κ2) is 6.43. The van der Waals surface area contributed by atoms with Crippen LogP contribution in [0.2, 0.25) is 0 Å². The van der Waals surface area contributed by atoms with Crippen molar-refractivity contribution in [2.45, 2.75) is 6.92 Å². The summed E-state index contributed by atoms with van der Waals surface area (Å²) < 4.78 is 5.26. The molecule has 0 fully saturated rings. The Balaban J connectivity index is 2.31. The number of methoxy groups -OCH3 is 1. The van der Waals surface area contributed by atoms with Crippen LogP contribution >= 0.6 is 0 Å². The van der Waals surface area contributed by atoms with Crippen LogP contribution in [0.4, 0.5) is 23.3 Å². The van der Waals surface area contributed by atoms with Gasteiger partial charge in [0, 0.05) is 18.7 Å². The Morgan fingerprint density at radius 3 is 2.71 bits per heavy atom. The zero-order valence-corrected chi connectivity index (χ0v) is 11.8. The maximum Gasteiger partial charge on any atom is 0.223 e. The van der Waals surface area contributed by atoms with Gasteiger partial charge >= 0.3 is 0 Å². The molecule has 4 N–H and O–H groups in total. The molecule has 1 aromatic heterocycles. The summed E-state index contributed by atoms with van der Waals surface area (Å²) in [6, 6.07) is 8.91. The number of hydrogen-bond acceptors (Lipinski definition) is 7. The topological polar surface area (TPSA) is 109 Å². The minimum absolute atomic E-state index is 0.170. The lowest BCUT2D eigenvalue weighted by molar-refractivity contribution is 0.416.